The fraction of sp³-hybridized carbons (Fsp3) is 0.250. The highest BCUT2D eigenvalue weighted by atomic mass is 16.5. The van der Waals surface area contributed by atoms with Crippen molar-refractivity contribution in [1.29, 1.82) is 0 Å². The molecule has 3 amide bonds. The van der Waals surface area contributed by atoms with Gasteiger partial charge < -0.3 is 20.3 Å². The van der Waals surface area contributed by atoms with Crippen LogP contribution in [0.4, 0.5) is 11.4 Å². The van der Waals surface area contributed by atoms with Crippen LogP contribution < -0.4 is 20.3 Å². The lowest BCUT2D eigenvalue weighted by Gasteiger charge is -2.22. The fourth-order valence-corrected chi connectivity index (χ4v) is 2.45. The predicted octanol–water partition coefficient (Wildman–Crippen LogP) is 2.19. The minimum atomic E-state index is -0.269. The van der Waals surface area contributed by atoms with Crippen molar-refractivity contribution in [3.63, 3.8) is 0 Å². The summed E-state index contributed by atoms with van der Waals surface area (Å²) >= 11 is 0. The largest absolute Gasteiger partial charge is 0.484 e. The van der Waals surface area contributed by atoms with Crippen LogP contribution >= 0.6 is 0 Å². The van der Waals surface area contributed by atoms with Crippen LogP contribution in [0.25, 0.3) is 0 Å². The average Bonchev–Trinajstić information content (AvgIpc) is 2.64. The summed E-state index contributed by atoms with van der Waals surface area (Å²) in [5.74, 6) is -0.000820. The molecule has 0 atom stereocenters. The number of anilines is 2. The lowest BCUT2D eigenvalue weighted by Crippen LogP contribution is -2.39. The number of benzene rings is 2. The third kappa shape index (κ3) is 6.81. The van der Waals surface area contributed by atoms with Crippen LogP contribution in [0.15, 0.2) is 54.6 Å². The molecule has 2 N–H and O–H groups in total. The Morgan fingerprint density at radius 1 is 1.00 bits per heavy atom. The summed E-state index contributed by atoms with van der Waals surface area (Å²) in [6.45, 7) is 3.35. The highest BCUT2D eigenvalue weighted by Gasteiger charge is 2.13. The number of hydrogen-bond acceptors (Lipinski definition) is 4. The fourth-order valence-electron chi connectivity index (χ4n) is 2.45. The minimum Gasteiger partial charge on any atom is -0.484 e. The zero-order valence-electron chi connectivity index (χ0n) is 15.4. The van der Waals surface area contributed by atoms with Gasteiger partial charge in [0.25, 0.3) is 5.91 Å². The van der Waals surface area contributed by atoms with Crippen LogP contribution in [0.1, 0.15) is 13.8 Å². The van der Waals surface area contributed by atoms with Crippen molar-refractivity contribution in [2.45, 2.75) is 13.8 Å². The van der Waals surface area contributed by atoms with Crippen molar-refractivity contribution < 1.29 is 19.1 Å². The number of rotatable bonds is 8. The standard InChI is InChI=1S/C20H23N3O4/c1-15(24)22-17-7-6-8-18(13-17)23(16(2)25)12-11-21-20(26)14-27-19-9-4-3-5-10-19/h3-10,13H,11-12,14H2,1-2H3,(H,21,26)(H,22,24). The number of carbonyl (C=O) groups is 3. The Morgan fingerprint density at radius 2 is 1.74 bits per heavy atom. The maximum absolute atomic E-state index is 12.0. The van der Waals surface area contributed by atoms with Gasteiger partial charge in [-0.2, -0.15) is 0 Å². The van der Waals surface area contributed by atoms with Gasteiger partial charge in [0.15, 0.2) is 6.61 Å². The highest BCUT2D eigenvalue weighted by molar-refractivity contribution is 5.94. The number of nitrogens with zero attached hydrogens (tertiary/aromatic N) is 1. The Hall–Kier alpha value is -3.35. The molecule has 0 heterocycles. The van der Waals surface area contributed by atoms with Crippen molar-refractivity contribution in [1.82, 2.24) is 5.32 Å². The molecule has 0 spiro atoms. The molecule has 0 radical (unpaired) electrons. The van der Waals surface area contributed by atoms with E-state index in [0.29, 0.717) is 23.7 Å². The molecular formula is C20H23N3O4. The molecule has 0 saturated heterocycles. The number of amides is 3. The first-order valence-corrected chi connectivity index (χ1v) is 8.56. The zero-order valence-corrected chi connectivity index (χ0v) is 15.4. The highest BCUT2D eigenvalue weighted by Crippen LogP contribution is 2.19. The minimum absolute atomic E-state index is 0.0951. The topological polar surface area (TPSA) is 87.7 Å². The Labute approximate surface area is 158 Å². The van der Waals surface area contributed by atoms with E-state index in [9.17, 15) is 14.4 Å². The van der Waals surface area contributed by atoms with E-state index < -0.39 is 0 Å². The first-order chi connectivity index (χ1) is 13.0. The Kier molecular flexibility index (Phi) is 7.37. The Morgan fingerprint density at radius 3 is 2.41 bits per heavy atom. The second-order valence-corrected chi connectivity index (χ2v) is 5.85. The quantitative estimate of drug-likeness (QED) is 0.747. The van der Waals surface area contributed by atoms with Gasteiger partial charge in [-0.25, -0.2) is 0 Å². The molecular weight excluding hydrogens is 346 g/mol. The number of ether oxygens (including phenoxy) is 1. The third-order valence-electron chi connectivity index (χ3n) is 3.63. The summed E-state index contributed by atoms with van der Waals surface area (Å²) in [5.41, 5.74) is 1.25. The molecule has 142 valence electrons. The Balaban J connectivity index is 1.86. The molecule has 7 heteroatoms. The van der Waals surface area contributed by atoms with Gasteiger partial charge in [0, 0.05) is 38.3 Å². The first-order valence-electron chi connectivity index (χ1n) is 8.56. The number of hydrogen-bond donors (Lipinski definition) is 2. The van der Waals surface area contributed by atoms with E-state index in [2.05, 4.69) is 10.6 Å². The second kappa shape index (κ2) is 9.96. The van der Waals surface area contributed by atoms with Gasteiger partial charge in [0.1, 0.15) is 5.75 Å². The summed E-state index contributed by atoms with van der Waals surface area (Å²) in [7, 11) is 0. The summed E-state index contributed by atoms with van der Waals surface area (Å²) in [5, 5.41) is 5.41. The van der Waals surface area contributed by atoms with E-state index in [4.69, 9.17) is 4.74 Å². The maximum atomic E-state index is 12.0. The van der Waals surface area contributed by atoms with Gasteiger partial charge in [0.2, 0.25) is 11.8 Å². The van der Waals surface area contributed by atoms with Gasteiger partial charge in [0.05, 0.1) is 0 Å². The van der Waals surface area contributed by atoms with Gasteiger partial charge in [-0.3, -0.25) is 14.4 Å². The average molecular weight is 369 g/mol. The number of para-hydroxylation sites is 1. The van der Waals surface area contributed by atoms with Crippen molar-refractivity contribution >= 4 is 29.1 Å². The molecule has 0 saturated carbocycles. The monoisotopic (exact) mass is 369 g/mol. The normalized spacial score (nSPS) is 10.0. The molecule has 0 bridgehead atoms. The molecule has 0 fully saturated rings. The van der Waals surface area contributed by atoms with Crippen molar-refractivity contribution in [3.8, 4) is 5.75 Å². The van der Waals surface area contributed by atoms with E-state index in [1.54, 1.807) is 36.4 Å². The second-order valence-electron chi connectivity index (χ2n) is 5.85. The molecule has 0 unspecified atom stereocenters. The smallest absolute Gasteiger partial charge is 0.258 e. The summed E-state index contributed by atoms with van der Waals surface area (Å²) in [4.78, 5) is 36.6. The molecule has 27 heavy (non-hydrogen) atoms. The maximum Gasteiger partial charge on any atom is 0.258 e. The number of carbonyl (C=O) groups excluding carboxylic acids is 3. The SMILES string of the molecule is CC(=O)Nc1cccc(N(CCNC(=O)COc2ccccc2)C(C)=O)c1. The zero-order chi connectivity index (χ0) is 19.6. The summed E-state index contributed by atoms with van der Waals surface area (Å²) in [6.07, 6.45) is 0. The molecule has 7 nitrogen and oxygen atoms in total. The van der Waals surface area contributed by atoms with Crippen LogP contribution in [-0.4, -0.2) is 37.4 Å². The van der Waals surface area contributed by atoms with E-state index >= 15 is 0 Å². The van der Waals surface area contributed by atoms with Gasteiger partial charge in [-0.05, 0) is 30.3 Å². The van der Waals surface area contributed by atoms with Gasteiger partial charge in [-0.1, -0.05) is 24.3 Å². The molecule has 0 aliphatic rings. The van der Waals surface area contributed by atoms with Crippen molar-refractivity contribution in [2.75, 3.05) is 29.9 Å². The van der Waals surface area contributed by atoms with Crippen molar-refractivity contribution in [2.24, 2.45) is 0 Å². The third-order valence-corrected chi connectivity index (χ3v) is 3.63. The van der Waals surface area contributed by atoms with Gasteiger partial charge >= 0.3 is 0 Å². The van der Waals surface area contributed by atoms with Crippen LogP contribution in [0.5, 0.6) is 5.75 Å². The Bertz CT molecular complexity index is 793. The summed E-state index contributed by atoms with van der Waals surface area (Å²) in [6, 6.07) is 16.0. The summed E-state index contributed by atoms with van der Waals surface area (Å²) < 4.78 is 5.38. The lowest BCUT2D eigenvalue weighted by molar-refractivity contribution is -0.123. The van der Waals surface area contributed by atoms with E-state index in [1.165, 1.54) is 18.7 Å². The predicted molar refractivity (Wildman–Crippen MR) is 104 cm³/mol. The van der Waals surface area contributed by atoms with E-state index in [0.717, 1.165) is 0 Å². The van der Waals surface area contributed by atoms with Crippen LogP contribution in [0, 0.1) is 0 Å². The van der Waals surface area contributed by atoms with Crippen LogP contribution in [0.2, 0.25) is 0 Å². The molecule has 0 aliphatic heterocycles. The molecule has 2 rings (SSSR count). The van der Waals surface area contributed by atoms with Crippen LogP contribution in [-0.2, 0) is 14.4 Å². The van der Waals surface area contributed by atoms with Crippen LogP contribution in [0.3, 0.4) is 0 Å². The van der Waals surface area contributed by atoms with Crippen molar-refractivity contribution in [3.05, 3.63) is 54.6 Å². The lowest BCUT2D eigenvalue weighted by atomic mass is 10.2. The molecule has 2 aromatic carbocycles. The number of nitrogens with one attached hydrogen (secondary N) is 2. The van der Waals surface area contributed by atoms with Gasteiger partial charge in [-0.15, -0.1) is 0 Å². The van der Waals surface area contributed by atoms with E-state index in [-0.39, 0.29) is 30.9 Å². The first kappa shape index (κ1) is 20.0. The molecule has 0 aliphatic carbocycles. The molecule has 2 aromatic rings. The van der Waals surface area contributed by atoms with E-state index in [1.807, 2.05) is 18.2 Å². The molecule has 0 aromatic heterocycles.